The number of rotatable bonds is 3. The van der Waals surface area contributed by atoms with Gasteiger partial charge in [-0.25, -0.2) is 4.39 Å². The smallest absolute Gasteiger partial charge is 0.254 e. The fourth-order valence-electron chi connectivity index (χ4n) is 2.49. The van der Waals surface area contributed by atoms with Gasteiger partial charge in [0.15, 0.2) is 0 Å². The summed E-state index contributed by atoms with van der Waals surface area (Å²) in [4.78, 5) is 14.3. The zero-order valence-electron chi connectivity index (χ0n) is 10.5. The van der Waals surface area contributed by atoms with Crippen LogP contribution in [0.5, 0.6) is 0 Å². The van der Waals surface area contributed by atoms with E-state index in [0.717, 1.165) is 32.2 Å². The van der Waals surface area contributed by atoms with Crippen LogP contribution < -0.4 is 0 Å². The van der Waals surface area contributed by atoms with Gasteiger partial charge < -0.3 is 4.90 Å². The van der Waals surface area contributed by atoms with Crippen molar-refractivity contribution in [1.29, 1.82) is 0 Å². The molecule has 0 radical (unpaired) electrons. The fraction of sp³-hybridized carbons (Fsp3) is 0.500. The number of amides is 1. The van der Waals surface area contributed by atoms with Crippen molar-refractivity contribution in [1.82, 2.24) is 4.90 Å². The Kier molecular flexibility index (Phi) is 5.06. The number of carbonyl (C=O) groups excluding carboxylic acids is 1. The maximum absolute atomic E-state index is 13.1. The van der Waals surface area contributed by atoms with E-state index in [1.807, 2.05) is 4.90 Å². The average molecular weight is 304 g/mol. The van der Waals surface area contributed by atoms with Gasteiger partial charge in [-0.2, -0.15) is 0 Å². The summed E-state index contributed by atoms with van der Waals surface area (Å²) in [5.41, 5.74) is 0.438. The molecule has 1 unspecified atom stereocenters. The Balaban J connectivity index is 2.18. The van der Waals surface area contributed by atoms with Gasteiger partial charge >= 0.3 is 0 Å². The number of alkyl halides is 1. The van der Waals surface area contributed by atoms with Crippen molar-refractivity contribution in [2.24, 2.45) is 0 Å². The number of hydrogen-bond donors (Lipinski definition) is 0. The average Bonchev–Trinajstić information content (AvgIpc) is 2.42. The van der Waals surface area contributed by atoms with Crippen LogP contribution in [0.1, 0.15) is 36.0 Å². The first-order valence-electron chi connectivity index (χ1n) is 6.45. The molecular formula is C14H16Cl2FNO. The van der Waals surface area contributed by atoms with E-state index in [-0.39, 0.29) is 17.0 Å². The van der Waals surface area contributed by atoms with Gasteiger partial charge in [0, 0.05) is 24.0 Å². The van der Waals surface area contributed by atoms with E-state index < -0.39 is 5.82 Å². The highest BCUT2D eigenvalue weighted by molar-refractivity contribution is 6.31. The van der Waals surface area contributed by atoms with Crippen LogP contribution >= 0.6 is 23.2 Å². The highest BCUT2D eigenvalue weighted by Crippen LogP contribution is 2.24. The topological polar surface area (TPSA) is 20.3 Å². The van der Waals surface area contributed by atoms with Crippen LogP contribution in [0.15, 0.2) is 18.2 Å². The van der Waals surface area contributed by atoms with Gasteiger partial charge in [-0.3, -0.25) is 4.79 Å². The van der Waals surface area contributed by atoms with Crippen LogP contribution in [0.4, 0.5) is 4.39 Å². The predicted octanol–water partition coefficient (Wildman–Crippen LogP) is 4.10. The first-order valence-corrected chi connectivity index (χ1v) is 7.36. The largest absolute Gasteiger partial charge is 0.336 e. The molecule has 2 nitrogen and oxygen atoms in total. The van der Waals surface area contributed by atoms with Crippen molar-refractivity contribution < 1.29 is 9.18 Å². The van der Waals surface area contributed by atoms with Gasteiger partial charge in [-0.15, -0.1) is 11.6 Å². The molecule has 1 atom stereocenters. The molecule has 1 aromatic carbocycles. The number of nitrogens with zero attached hydrogens (tertiary/aromatic N) is 1. The molecule has 1 aliphatic heterocycles. The van der Waals surface area contributed by atoms with Crippen molar-refractivity contribution >= 4 is 29.1 Å². The van der Waals surface area contributed by atoms with Gasteiger partial charge in [0.2, 0.25) is 0 Å². The van der Waals surface area contributed by atoms with E-state index in [9.17, 15) is 9.18 Å². The van der Waals surface area contributed by atoms with Crippen molar-refractivity contribution in [3.05, 3.63) is 34.6 Å². The van der Waals surface area contributed by atoms with E-state index in [0.29, 0.717) is 11.4 Å². The Morgan fingerprint density at radius 2 is 2.21 bits per heavy atom. The fourth-order valence-corrected chi connectivity index (χ4v) is 2.92. The molecule has 0 aliphatic carbocycles. The number of hydrogen-bond acceptors (Lipinski definition) is 1. The molecule has 1 aromatic rings. The first kappa shape index (κ1) is 14.6. The summed E-state index contributed by atoms with van der Waals surface area (Å²) in [5, 5.41) is -0.0169. The van der Waals surface area contributed by atoms with Crippen LogP contribution in [-0.4, -0.2) is 29.3 Å². The number of likely N-dealkylation sites (tertiary alicyclic amines) is 1. The van der Waals surface area contributed by atoms with Crippen molar-refractivity contribution in [3.63, 3.8) is 0 Å². The maximum Gasteiger partial charge on any atom is 0.254 e. The SMILES string of the molecule is O=C(c1ccc(F)c(Cl)c1)N1CCCCC1CCCl. The Labute approximate surface area is 122 Å². The van der Waals surface area contributed by atoms with Crippen molar-refractivity contribution in [3.8, 4) is 0 Å². The molecule has 0 saturated carbocycles. The second-order valence-corrected chi connectivity index (χ2v) is 5.54. The summed E-state index contributed by atoms with van der Waals surface area (Å²) in [7, 11) is 0. The lowest BCUT2D eigenvalue weighted by Gasteiger charge is -2.35. The van der Waals surface area contributed by atoms with Crippen molar-refractivity contribution in [2.45, 2.75) is 31.7 Å². The van der Waals surface area contributed by atoms with Gasteiger partial charge in [0.1, 0.15) is 5.82 Å². The summed E-state index contributed by atoms with van der Waals surface area (Å²) in [5.74, 6) is -0.0515. The minimum Gasteiger partial charge on any atom is -0.336 e. The second-order valence-electron chi connectivity index (χ2n) is 4.75. The van der Waals surface area contributed by atoms with Gasteiger partial charge in [0.25, 0.3) is 5.91 Å². The highest BCUT2D eigenvalue weighted by Gasteiger charge is 2.27. The zero-order chi connectivity index (χ0) is 13.8. The standard InChI is InChI=1S/C14H16Cl2FNO/c15-7-6-11-3-1-2-8-18(11)14(19)10-4-5-13(17)12(16)9-10/h4-5,9,11H,1-3,6-8H2. The van der Waals surface area contributed by atoms with Gasteiger partial charge in [0.05, 0.1) is 5.02 Å². The van der Waals surface area contributed by atoms with E-state index in [2.05, 4.69) is 0 Å². The minimum atomic E-state index is -0.505. The number of benzene rings is 1. The van der Waals surface area contributed by atoms with Gasteiger partial charge in [-0.05, 0) is 43.9 Å². The lowest BCUT2D eigenvalue weighted by molar-refractivity contribution is 0.0609. The van der Waals surface area contributed by atoms with Crippen molar-refractivity contribution in [2.75, 3.05) is 12.4 Å². The van der Waals surface area contributed by atoms with Crippen LogP contribution in [-0.2, 0) is 0 Å². The Bertz CT molecular complexity index is 465. The Morgan fingerprint density at radius 1 is 1.42 bits per heavy atom. The number of piperidine rings is 1. The molecule has 1 saturated heterocycles. The highest BCUT2D eigenvalue weighted by atomic mass is 35.5. The van der Waals surface area contributed by atoms with E-state index in [1.54, 1.807) is 0 Å². The molecule has 1 aliphatic rings. The maximum atomic E-state index is 13.1. The molecule has 1 fully saturated rings. The molecule has 1 heterocycles. The molecule has 0 aromatic heterocycles. The normalized spacial score (nSPS) is 19.5. The molecule has 2 rings (SSSR count). The molecule has 1 amide bonds. The summed E-state index contributed by atoms with van der Waals surface area (Å²) >= 11 is 11.5. The summed E-state index contributed by atoms with van der Waals surface area (Å²) < 4.78 is 13.1. The number of halogens is 3. The first-order chi connectivity index (χ1) is 9.13. The third-order valence-corrected chi connectivity index (χ3v) is 4.00. The number of carbonyl (C=O) groups is 1. The summed E-state index contributed by atoms with van der Waals surface area (Å²) in [6.45, 7) is 0.732. The van der Waals surface area contributed by atoms with E-state index in [4.69, 9.17) is 23.2 Å². The molecular weight excluding hydrogens is 288 g/mol. The molecule has 0 bridgehead atoms. The Morgan fingerprint density at radius 3 is 2.89 bits per heavy atom. The monoisotopic (exact) mass is 303 g/mol. The third kappa shape index (κ3) is 3.40. The van der Waals surface area contributed by atoms with Crippen LogP contribution in [0.2, 0.25) is 5.02 Å². The molecule has 0 spiro atoms. The molecule has 104 valence electrons. The minimum absolute atomic E-state index is 0.0169. The van der Waals surface area contributed by atoms with Gasteiger partial charge in [-0.1, -0.05) is 11.6 Å². The quantitative estimate of drug-likeness (QED) is 0.770. The molecule has 5 heteroatoms. The summed E-state index contributed by atoms with van der Waals surface area (Å²) in [6.07, 6.45) is 3.89. The second kappa shape index (κ2) is 6.58. The predicted molar refractivity (Wildman–Crippen MR) is 75.4 cm³/mol. The zero-order valence-corrected chi connectivity index (χ0v) is 12.1. The molecule has 19 heavy (non-hydrogen) atoms. The van der Waals surface area contributed by atoms with Crippen LogP contribution in [0.25, 0.3) is 0 Å². The van der Waals surface area contributed by atoms with Crippen LogP contribution in [0, 0.1) is 5.82 Å². The molecule has 0 N–H and O–H groups in total. The third-order valence-electron chi connectivity index (χ3n) is 3.50. The summed E-state index contributed by atoms with van der Waals surface area (Å²) in [6, 6.07) is 4.29. The van der Waals surface area contributed by atoms with E-state index in [1.165, 1.54) is 18.2 Å². The Hall–Kier alpha value is -0.800. The lowest BCUT2D eigenvalue weighted by Crippen LogP contribution is -2.44. The lowest BCUT2D eigenvalue weighted by atomic mass is 9.99. The van der Waals surface area contributed by atoms with E-state index >= 15 is 0 Å². The van der Waals surface area contributed by atoms with Crippen LogP contribution in [0.3, 0.4) is 0 Å².